The van der Waals surface area contributed by atoms with Crippen LogP contribution in [0.3, 0.4) is 0 Å². The Hall–Kier alpha value is -2.04. The van der Waals surface area contributed by atoms with E-state index in [0.717, 1.165) is 18.4 Å². The van der Waals surface area contributed by atoms with Crippen LogP contribution < -0.4 is 0 Å². The second-order valence-corrected chi connectivity index (χ2v) is 7.57. The number of hydrogen-bond acceptors (Lipinski definition) is 4. The molecule has 136 valence electrons. The standard InChI is InChI=1S/C21H22ClNO3/c1-23-16-8-9-17(23)12-19(11-16)26-21(24)20(13-18-3-2-10-25-18)14-4-6-15(22)7-5-14/h2-7,10,13,16-17,19H,8-9,11-12H2,1H3/b20-13-. The zero-order chi connectivity index (χ0) is 18.1. The number of carbonyl (C=O) groups excluding carboxylic acids is 1. The van der Waals surface area contributed by atoms with E-state index in [0.29, 0.717) is 28.4 Å². The zero-order valence-corrected chi connectivity index (χ0v) is 15.5. The van der Waals surface area contributed by atoms with Gasteiger partial charge in [-0.3, -0.25) is 0 Å². The number of esters is 1. The highest BCUT2D eigenvalue weighted by atomic mass is 35.5. The summed E-state index contributed by atoms with van der Waals surface area (Å²) in [4.78, 5) is 15.4. The molecule has 26 heavy (non-hydrogen) atoms. The summed E-state index contributed by atoms with van der Waals surface area (Å²) in [5.74, 6) is 0.313. The smallest absolute Gasteiger partial charge is 0.339 e. The lowest BCUT2D eigenvalue weighted by Crippen LogP contribution is -2.43. The third kappa shape index (κ3) is 3.57. The fourth-order valence-electron chi connectivity index (χ4n) is 4.08. The molecule has 2 unspecified atom stereocenters. The number of nitrogens with zero attached hydrogens (tertiary/aromatic N) is 1. The van der Waals surface area contributed by atoms with E-state index >= 15 is 0 Å². The summed E-state index contributed by atoms with van der Waals surface area (Å²) >= 11 is 5.99. The summed E-state index contributed by atoms with van der Waals surface area (Å²) in [5.41, 5.74) is 1.26. The molecule has 5 heteroatoms. The molecule has 0 aliphatic carbocycles. The average molecular weight is 372 g/mol. The molecule has 3 heterocycles. The maximum atomic E-state index is 13.0. The minimum atomic E-state index is -0.308. The molecule has 0 N–H and O–H groups in total. The van der Waals surface area contributed by atoms with Gasteiger partial charge in [-0.05, 0) is 55.8 Å². The number of halogens is 1. The average Bonchev–Trinajstić information content (AvgIpc) is 3.19. The maximum Gasteiger partial charge on any atom is 0.339 e. The van der Waals surface area contributed by atoms with Crippen LogP contribution in [0, 0.1) is 0 Å². The number of hydrogen-bond donors (Lipinski definition) is 0. The first-order valence-electron chi connectivity index (χ1n) is 9.04. The van der Waals surface area contributed by atoms with Gasteiger partial charge in [0.05, 0.1) is 11.8 Å². The Morgan fingerprint density at radius 2 is 1.88 bits per heavy atom. The van der Waals surface area contributed by atoms with E-state index in [9.17, 15) is 4.79 Å². The highest BCUT2D eigenvalue weighted by molar-refractivity contribution is 6.30. The third-order valence-corrected chi connectivity index (χ3v) is 5.79. The van der Waals surface area contributed by atoms with Crippen LogP contribution in [0.1, 0.15) is 37.0 Å². The van der Waals surface area contributed by atoms with Crippen molar-refractivity contribution >= 4 is 29.2 Å². The normalized spacial score (nSPS) is 26.1. The summed E-state index contributed by atoms with van der Waals surface area (Å²) in [6.07, 6.45) is 7.51. The lowest BCUT2D eigenvalue weighted by Gasteiger charge is -2.35. The molecule has 2 aromatic rings. The van der Waals surface area contributed by atoms with Crippen LogP contribution in [-0.4, -0.2) is 36.1 Å². The fraction of sp³-hybridized carbons (Fsp3) is 0.381. The van der Waals surface area contributed by atoms with E-state index in [1.54, 1.807) is 30.5 Å². The first kappa shape index (κ1) is 17.4. The van der Waals surface area contributed by atoms with E-state index in [1.807, 2.05) is 18.2 Å². The molecule has 2 aliphatic heterocycles. The highest BCUT2D eigenvalue weighted by Gasteiger charge is 2.40. The SMILES string of the molecule is CN1C2CCC1CC(OC(=O)/C(=C\c1ccco1)c1ccc(Cl)cc1)C2. The van der Waals surface area contributed by atoms with Gasteiger partial charge in [0.1, 0.15) is 11.9 Å². The number of fused-ring (bicyclic) bond motifs is 2. The van der Waals surface area contributed by atoms with E-state index in [4.69, 9.17) is 20.8 Å². The van der Waals surface area contributed by atoms with E-state index < -0.39 is 0 Å². The molecule has 1 aromatic heterocycles. The monoisotopic (exact) mass is 371 g/mol. The summed E-state index contributed by atoms with van der Waals surface area (Å²) in [7, 11) is 2.18. The van der Waals surface area contributed by atoms with Crippen molar-refractivity contribution in [2.24, 2.45) is 0 Å². The number of piperidine rings is 1. The Bertz CT molecular complexity index is 783. The third-order valence-electron chi connectivity index (χ3n) is 5.53. The molecular weight excluding hydrogens is 350 g/mol. The number of carbonyl (C=O) groups is 1. The zero-order valence-electron chi connectivity index (χ0n) is 14.7. The molecule has 4 rings (SSSR count). The number of ether oxygens (including phenoxy) is 1. The van der Waals surface area contributed by atoms with Gasteiger partial charge in [-0.25, -0.2) is 4.79 Å². The summed E-state index contributed by atoms with van der Waals surface area (Å²) in [5, 5.41) is 0.631. The quantitative estimate of drug-likeness (QED) is 0.580. The van der Waals surface area contributed by atoms with Crippen LogP contribution in [0.5, 0.6) is 0 Å². The van der Waals surface area contributed by atoms with Crippen molar-refractivity contribution in [2.75, 3.05) is 7.05 Å². The van der Waals surface area contributed by atoms with Crippen molar-refractivity contribution < 1.29 is 13.9 Å². The van der Waals surface area contributed by atoms with Gasteiger partial charge in [-0.2, -0.15) is 0 Å². The van der Waals surface area contributed by atoms with Gasteiger partial charge in [0.15, 0.2) is 0 Å². The molecule has 2 aliphatic rings. The minimum absolute atomic E-state index is 0.0245. The van der Waals surface area contributed by atoms with Crippen molar-refractivity contribution in [3.8, 4) is 0 Å². The fourth-order valence-corrected chi connectivity index (χ4v) is 4.20. The van der Waals surface area contributed by atoms with E-state index in [1.165, 1.54) is 12.8 Å². The Labute approximate surface area is 158 Å². The van der Waals surface area contributed by atoms with Gasteiger partial charge in [-0.15, -0.1) is 0 Å². The number of furan rings is 1. The van der Waals surface area contributed by atoms with Gasteiger partial charge in [0.2, 0.25) is 0 Å². The molecule has 0 saturated carbocycles. The molecule has 2 bridgehead atoms. The predicted octanol–water partition coefficient (Wildman–Crippen LogP) is 4.64. The van der Waals surface area contributed by atoms with E-state index in [-0.39, 0.29) is 12.1 Å². The van der Waals surface area contributed by atoms with Gasteiger partial charge in [0.25, 0.3) is 0 Å². The van der Waals surface area contributed by atoms with Crippen molar-refractivity contribution in [1.29, 1.82) is 0 Å². The molecule has 2 saturated heterocycles. The van der Waals surface area contributed by atoms with Crippen LogP contribution >= 0.6 is 11.6 Å². The van der Waals surface area contributed by atoms with Gasteiger partial charge in [0, 0.05) is 29.9 Å². The maximum absolute atomic E-state index is 13.0. The molecular formula is C21H22ClNO3. The van der Waals surface area contributed by atoms with Crippen LogP contribution in [0.25, 0.3) is 11.6 Å². The Morgan fingerprint density at radius 1 is 1.19 bits per heavy atom. The lowest BCUT2D eigenvalue weighted by molar-refractivity contribution is -0.145. The Balaban J connectivity index is 1.56. The van der Waals surface area contributed by atoms with Gasteiger partial charge in [-0.1, -0.05) is 23.7 Å². The molecule has 2 fully saturated rings. The van der Waals surface area contributed by atoms with Crippen molar-refractivity contribution in [2.45, 2.75) is 43.9 Å². The summed E-state index contributed by atoms with van der Waals surface area (Å²) < 4.78 is 11.3. The lowest BCUT2D eigenvalue weighted by atomic mass is 10.00. The predicted molar refractivity (Wildman–Crippen MR) is 102 cm³/mol. The van der Waals surface area contributed by atoms with Crippen molar-refractivity contribution in [1.82, 2.24) is 4.90 Å². The second-order valence-electron chi connectivity index (χ2n) is 7.13. The van der Waals surface area contributed by atoms with E-state index in [2.05, 4.69) is 11.9 Å². The minimum Gasteiger partial charge on any atom is -0.465 e. The number of rotatable bonds is 4. The van der Waals surface area contributed by atoms with Crippen LogP contribution in [0.4, 0.5) is 0 Å². The van der Waals surface area contributed by atoms with Crippen LogP contribution in [0.2, 0.25) is 5.02 Å². The summed E-state index contributed by atoms with van der Waals surface area (Å²) in [6, 6.07) is 11.9. The molecule has 1 aromatic carbocycles. The Morgan fingerprint density at radius 3 is 2.50 bits per heavy atom. The highest BCUT2D eigenvalue weighted by Crippen LogP contribution is 2.36. The topological polar surface area (TPSA) is 42.7 Å². The first-order chi connectivity index (χ1) is 12.6. The van der Waals surface area contributed by atoms with Crippen molar-refractivity contribution in [3.63, 3.8) is 0 Å². The van der Waals surface area contributed by atoms with Gasteiger partial charge >= 0.3 is 5.97 Å². The second kappa shape index (κ2) is 7.29. The molecule has 0 radical (unpaired) electrons. The van der Waals surface area contributed by atoms with Gasteiger partial charge < -0.3 is 14.1 Å². The summed E-state index contributed by atoms with van der Waals surface area (Å²) in [6.45, 7) is 0. The largest absolute Gasteiger partial charge is 0.465 e. The molecule has 2 atom stereocenters. The van der Waals surface area contributed by atoms with Crippen LogP contribution in [-0.2, 0) is 9.53 Å². The molecule has 0 spiro atoms. The van der Waals surface area contributed by atoms with Crippen molar-refractivity contribution in [3.05, 3.63) is 59.0 Å². The number of benzene rings is 1. The molecule has 0 amide bonds. The first-order valence-corrected chi connectivity index (χ1v) is 9.42. The molecule has 4 nitrogen and oxygen atoms in total. The Kier molecular flexibility index (Phi) is 4.88. The van der Waals surface area contributed by atoms with Crippen LogP contribution in [0.15, 0.2) is 47.1 Å².